The van der Waals surface area contributed by atoms with Crippen LogP contribution < -0.4 is 10.6 Å². The van der Waals surface area contributed by atoms with E-state index in [0.717, 1.165) is 5.96 Å². The van der Waals surface area contributed by atoms with Crippen LogP contribution in [0, 0.1) is 6.92 Å². The minimum Gasteiger partial charge on any atom is -0.353 e. The van der Waals surface area contributed by atoms with E-state index in [1.807, 2.05) is 13.1 Å². The standard InChI is InChI=1S/C20H25N3/c1-14-9-7-8-12-17(14)18-13-19(18)23-20(21-3)22-15(2)16-10-5-4-6-11-16/h4-12,15,18-19H,13H2,1-3H3,(H2,21,22,23). The van der Waals surface area contributed by atoms with Crippen molar-refractivity contribution in [1.82, 2.24) is 10.6 Å². The van der Waals surface area contributed by atoms with Crippen molar-refractivity contribution in [2.24, 2.45) is 4.99 Å². The first kappa shape index (κ1) is 15.6. The van der Waals surface area contributed by atoms with Gasteiger partial charge in [-0.05, 0) is 37.0 Å². The Morgan fingerprint density at radius 1 is 1.09 bits per heavy atom. The summed E-state index contributed by atoms with van der Waals surface area (Å²) < 4.78 is 0. The molecule has 0 radical (unpaired) electrons. The van der Waals surface area contributed by atoms with Gasteiger partial charge < -0.3 is 10.6 Å². The molecule has 3 rings (SSSR count). The highest BCUT2D eigenvalue weighted by atomic mass is 15.2. The molecule has 3 nitrogen and oxygen atoms in total. The number of hydrogen-bond acceptors (Lipinski definition) is 1. The summed E-state index contributed by atoms with van der Waals surface area (Å²) in [6, 6.07) is 19.8. The molecule has 120 valence electrons. The second-order valence-electron chi connectivity index (χ2n) is 6.30. The fraction of sp³-hybridized carbons (Fsp3) is 0.350. The van der Waals surface area contributed by atoms with Gasteiger partial charge in [0.2, 0.25) is 0 Å². The molecule has 1 saturated carbocycles. The average Bonchev–Trinajstić information content (AvgIpc) is 3.34. The van der Waals surface area contributed by atoms with Crippen LogP contribution in [0.5, 0.6) is 0 Å². The van der Waals surface area contributed by atoms with Crippen LogP contribution in [0.2, 0.25) is 0 Å². The third kappa shape index (κ3) is 3.73. The fourth-order valence-corrected chi connectivity index (χ4v) is 3.08. The molecule has 2 N–H and O–H groups in total. The second kappa shape index (κ2) is 6.86. The lowest BCUT2D eigenvalue weighted by Gasteiger charge is -2.18. The Morgan fingerprint density at radius 3 is 2.48 bits per heavy atom. The van der Waals surface area contributed by atoms with Gasteiger partial charge in [-0.2, -0.15) is 0 Å². The van der Waals surface area contributed by atoms with Gasteiger partial charge in [-0.25, -0.2) is 0 Å². The van der Waals surface area contributed by atoms with Gasteiger partial charge in [0, 0.05) is 19.0 Å². The lowest BCUT2D eigenvalue weighted by Crippen LogP contribution is -2.40. The topological polar surface area (TPSA) is 36.4 Å². The molecule has 3 unspecified atom stereocenters. The van der Waals surface area contributed by atoms with Gasteiger partial charge in [-0.3, -0.25) is 4.99 Å². The van der Waals surface area contributed by atoms with Crippen molar-refractivity contribution in [2.45, 2.75) is 38.3 Å². The molecule has 3 heteroatoms. The molecule has 2 aromatic carbocycles. The van der Waals surface area contributed by atoms with Gasteiger partial charge >= 0.3 is 0 Å². The summed E-state index contributed by atoms with van der Waals surface area (Å²) in [5.41, 5.74) is 4.10. The van der Waals surface area contributed by atoms with Gasteiger partial charge in [0.25, 0.3) is 0 Å². The maximum Gasteiger partial charge on any atom is 0.191 e. The van der Waals surface area contributed by atoms with Crippen LogP contribution >= 0.6 is 0 Å². The maximum atomic E-state index is 4.38. The third-order valence-electron chi connectivity index (χ3n) is 4.58. The summed E-state index contributed by atoms with van der Waals surface area (Å²) in [5, 5.41) is 7.04. The van der Waals surface area contributed by atoms with E-state index >= 15 is 0 Å². The normalized spacial score (nSPS) is 21.6. The lowest BCUT2D eigenvalue weighted by atomic mass is 10.0. The highest BCUT2D eigenvalue weighted by molar-refractivity contribution is 5.81. The summed E-state index contributed by atoms with van der Waals surface area (Å²) in [5.74, 6) is 1.48. The van der Waals surface area contributed by atoms with Gasteiger partial charge in [0.05, 0.1) is 6.04 Å². The zero-order chi connectivity index (χ0) is 16.2. The molecule has 0 heterocycles. The van der Waals surface area contributed by atoms with E-state index in [-0.39, 0.29) is 6.04 Å². The molecule has 1 aliphatic rings. The minimum atomic E-state index is 0.234. The predicted octanol–water partition coefficient (Wildman–Crippen LogP) is 3.78. The molecule has 2 aromatic rings. The molecule has 0 spiro atoms. The number of guanidine groups is 1. The van der Waals surface area contributed by atoms with Gasteiger partial charge in [0.15, 0.2) is 5.96 Å². The monoisotopic (exact) mass is 307 g/mol. The van der Waals surface area contributed by atoms with E-state index in [2.05, 4.69) is 78.0 Å². The molecule has 0 saturated heterocycles. The van der Waals surface area contributed by atoms with Crippen molar-refractivity contribution < 1.29 is 0 Å². The first-order valence-corrected chi connectivity index (χ1v) is 8.29. The Kier molecular flexibility index (Phi) is 4.65. The molecule has 0 aromatic heterocycles. The van der Waals surface area contributed by atoms with E-state index in [1.165, 1.54) is 23.1 Å². The maximum absolute atomic E-state index is 4.38. The van der Waals surface area contributed by atoms with Crippen LogP contribution in [0.1, 0.15) is 42.0 Å². The Bertz CT molecular complexity index is 678. The molecular weight excluding hydrogens is 282 g/mol. The summed E-state index contributed by atoms with van der Waals surface area (Å²) in [7, 11) is 1.83. The van der Waals surface area contributed by atoms with Crippen LogP contribution in [0.15, 0.2) is 59.6 Å². The second-order valence-corrected chi connectivity index (χ2v) is 6.30. The fourth-order valence-electron chi connectivity index (χ4n) is 3.08. The summed E-state index contributed by atoms with van der Waals surface area (Å²) in [6.45, 7) is 4.35. The molecule has 1 aliphatic carbocycles. The van der Waals surface area contributed by atoms with Crippen molar-refractivity contribution in [3.8, 4) is 0 Å². The van der Waals surface area contributed by atoms with Gasteiger partial charge in [-0.1, -0.05) is 54.6 Å². The Morgan fingerprint density at radius 2 is 1.78 bits per heavy atom. The Labute approximate surface area is 138 Å². The van der Waals surface area contributed by atoms with Crippen molar-refractivity contribution >= 4 is 5.96 Å². The van der Waals surface area contributed by atoms with Crippen molar-refractivity contribution in [3.63, 3.8) is 0 Å². The van der Waals surface area contributed by atoms with Gasteiger partial charge in [0.1, 0.15) is 0 Å². The smallest absolute Gasteiger partial charge is 0.191 e. The zero-order valence-corrected chi connectivity index (χ0v) is 14.1. The zero-order valence-electron chi connectivity index (χ0n) is 14.1. The average molecular weight is 307 g/mol. The van der Waals surface area contributed by atoms with E-state index in [9.17, 15) is 0 Å². The Balaban J connectivity index is 1.58. The SMILES string of the molecule is CN=C(NC(C)c1ccccc1)NC1CC1c1ccccc1C. The number of aliphatic imine (C=N–C) groups is 1. The molecule has 0 aliphatic heterocycles. The van der Waals surface area contributed by atoms with Crippen molar-refractivity contribution in [3.05, 3.63) is 71.3 Å². The molecule has 0 bridgehead atoms. The van der Waals surface area contributed by atoms with Crippen LogP contribution in [-0.2, 0) is 0 Å². The minimum absolute atomic E-state index is 0.234. The van der Waals surface area contributed by atoms with E-state index in [4.69, 9.17) is 0 Å². The van der Waals surface area contributed by atoms with E-state index < -0.39 is 0 Å². The van der Waals surface area contributed by atoms with Crippen LogP contribution in [0.25, 0.3) is 0 Å². The Hall–Kier alpha value is -2.29. The molecule has 0 amide bonds. The van der Waals surface area contributed by atoms with E-state index in [0.29, 0.717) is 12.0 Å². The third-order valence-corrected chi connectivity index (χ3v) is 4.58. The predicted molar refractivity (Wildman–Crippen MR) is 96.8 cm³/mol. The van der Waals surface area contributed by atoms with Crippen molar-refractivity contribution in [1.29, 1.82) is 0 Å². The van der Waals surface area contributed by atoms with Crippen molar-refractivity contribution in [2.75, 3.05) is 7.05 Å². The molecule has 1 fully saturated rings. The number of nitrogens with one attached hydrogen (secondary N) is 2. The molecular formula is C20H25N3. The molecule has 3 atom stereocenters. The highest BCUT2D eigenvalue weighted by Gasteiger charge is 2.39. The number of aryl methyl sites for hydroxylation is 1. The van der Waals surface area contributed by atoms with Crippen LogP contribution in [-0.4, -0.2) is 19.0 Å². The molecule has 23 heavy (non-hydrogen) atoms. The largest absolute Gasteiger partial charge is 0.353 e. The van der Waals surface area contributed by atoms with Gasteiger partial charge in [-0.15, -0.1) is 0 Å². The first-order valence-electron chi connectivity index (χ1n) is 8.29. The summed E-state index contributed by atoms with van der Waals surface area (Å²) >= 11 is 0. The van der Waals surface area contributed by atoms with E-state index in [1.54, 1.807) is 0 Å². The highest BCUT2D eigenvalue weighted by Crippen LogP contribution is 2.42. The summed E-state index contributed by atoms with van der Waals surface area (Å²) in [4.78, 5) is 4.38. The summed E-state index contributed by atoms with van der Waals surface area (Å²) in [6.07, 6.45) is 1.17. The number of benzene rings is 2. The first-order chi connectivity index (χ1) is 11.2. The van der Waals surface area contributed by atoms with Crippen LogP contribution in [0.3, 0.4) is 0 Å². The number of rotatable bonds is 4. The lowest BCUT2D eigenvalue weighted by molar-refractivity contribution is 0.681. The quantitative estimate of drug-likeness (QED) is 0.666. The number of hydrogen-bond donors (Lipinski definition) is 2. The number of nitrogens with zero attached hydrogens (tertiary/aromatic N) is 1. The van der Waals surface area contributed by atoms with Crippen LogP contribution in [0.4, 0.5) is 0 Å².